The van der Waals surface area contributed by atoms with Gasteiger partial charge in [0.25, 0.3) is 0 Å². The lowest BCUT2D eigenvalue weighted by Gasteiger charge is -2.23. The number of amides is 1. The third kappa shape index (κ3) is 5.96. The van der Waals surface area contributed by atoms with Crippen molar-refractivity contribution in [2.45, 2.75) is 25.2 Å². The third-order valence-electron chi connectivity index (χ3n) is 5.05. The van der Waals surface area contributed by atoms with E-state index in [1.54, 1.807) is 24.3 Å². The van der Waals surface area contributed by atoms with E-state index < -0.39 is 15.9 Å². The van der Waals surface area contributed by atoms with Gasteiger partial charge in [-0.25, -0.2) is 8.42 Å². The first-order chi connectivity index (χ1) is 15.3. The van der Waals surface area contributed by atoms with Crippen molar-refractivity contribution in [2.75, 3.05) is 25.5 Å². The Morgan fingerprint density at radius 3 is 2.34 bits per heavy atom. The van der Waals surface area contributed by atoms with Crippen LogP contribution in [0.1, 0.15) is 16.7 Å². The van der Waals surface area contributed by atoms with Crippen molar-refractivity contribution in [3.8, 4) is 5.75 Å². The maximum atomic E-state index is 13.6. The van der Waals surface area contributed by atoms with Crippen LogP contribution in [0, 0.1) is 13.8 Å². The van der Waals surface area contributed by atoms with Gasteiger partial charge >= 0.3 is 0 Å². The fourth-order valence-corrected chi connectivity index (χ4v) is 5.03. The number of carbonyl (C=O) groups excluding carboxylic acids is 1. The van der Waals surface area contributed by atoms with Crippen LogP contribution in [0.25, 0.3) is 0 Å². The van der Waals surface area contributed by atoms with E-state index in [4.69, 9.17) is 4.74 Å². The van der Waals surface area contributed by atoms with E-state index in [9.17, 15) is 13.2 Å². The van der Waals surface area contributed by atoms with Crippen molar-refractivity contribution in [1.82, 2.24) is 4.31 Å². The lowest BCUT2D eigenvalue weighted by molar-refractivity contribution is -0.116. The predicted octanol–water partition coefficient (Wildman–Crippen LogP) is 4.18. The number of nitrogens with one attached hydrogen (secondary N) is 1. The van der Waals surface area contributed by atoms with Crippen LogP contribution in [0.4, 0.5) is 5.69 Å². The van der Waals surface area contributed by atoms with Gasteiger partial charge in [-0.3, -0.25) is 4.79 Å². The highest BCUT2D eigenvalue weighted by Gasteiger charge is 2.29. The molecule has 32 heavy (non-hydrogen) atoms. The van der Waals surface area contributed by atoms with Gasteiger partial charge in [-0.05, 0) is 61.2 Å². The summed E-state index contributed by atoms with van der Waals surface area (Å²) in [6, 6.07) is 22.0. The highest BCUT2D eigenvalue weighted by Crippen LogP contribution is 2.28. The highest BCUT2D eigenvalue weighted by molar-refractivity contribution is 7.89. The number of rotatable bonds is 9. The molecule has 0 aliphatic rings. The minimum absolute atomic E-state index is 0.0522. The molecule has 0 fully saturated rings. The number of nitrogens with zero attached hydrogens (tertiary/aromatic N) is 1. The fraction of sp³-hybridized carbons (Fsp3) is 0.240. The summed E-state index contributed by atoms with van der Waals surface area (Å²) in [6.07, 6.45) is 0.478. The second-order valence-corrected chi connectivity index (χ2v) is 9.55. The van der Waals surface area contributed by atoms with E-state index >= 15 is 0 Å². The average Bonchev–Trinajstić information content (AvgIpc) is 2.77. The van der Waals surface area contributed by atoms with Crippen molar-refractivity contribution in [2.24, 2.45) is 0 Å². The number of hydrogen-bond acceptors (Lipinski definition) is 4. The summed E-state index contributed by atoms with van der Waals surface area (Å²) < 4.78 is 33.7. The molecule has 3 aromatic carbocycles. The molecule has 3 aromatic rings. The van der Waals surface area contributed by atoms with Gasteiger partial charge in [0, 0.05) is 12.2 Å². The van der Waals surface area contributed by atoms with Gasteiger partial charge in [-0.15, -0.1) is 0 Å². The summed E-state index contributed by atoms with van der Waals surface area (Å²) >= 11 is 0. The molecule has 0 spiro atoms. The quantitative estimate of drug-likeness (QED) is 0.528. The summed E-state index contributed by atoms with van der Waals surface area (Å²) in [4.78, 5) is 12.8. The Kier molecular flexibility index (Phi) is 7.66. The van der Waals surface area contributed by atoms with E-state index in [1.807, 2.05) is 62.4 Å². The minimum Gasteiger partial charge on any atom is -0.495 e. The monoisotopic (exact) mass is 452 g/mol. The number of aryl methyl sites for hydroxylation is 2. The van der Waals surface area contributed by atoms with Crippen LogP contribution in [0.15, 0.2) is 77.7 Å². The van der Waals surface area contributed by atoms with E-state index in [0.29, 0.717) is 12.1 Å². The Balaban J connectivity index is 1.89. The first kappa shape index (κ1) is 23.5. The maximum Gasteiger partial charge on any atom is 0.247 e. The molecule has 3 rings (SSSR count). The minimum atomic E-state index is -3.98. The van der Waals surface area contributed by atoms with Crippen LogP contribution in [-0.4, -0.2) is 38.8 Å². The molecular weight excluding hydrogens is 424 g/mol. The molecular formula is C25H28N2O4S. The SMILES string of the molecule is COc1ccc(C)cc1S(=O)(=O)N(CCc1ccccc1)CC(=O)Nc1cccc(C)c1. The Hall–Kier alpha value is -3.16. The summed E-state index contributed by atoms with van der Waals surface area (Å²) in [5, 5.41) is 2.80. The van der Waals surface area contributed by atoms with Crippen LogP contribution < -0.4 is 10.1 Å². The fourth-order valence-electron chi connectivity index (χ4n) is 3.39. The van der Waals surface area contributed by atoms with Crippen LogP contribution in [0.2, 0.25) is 0 Å². The van der Waals surface area contributed by atoms with Gasteiger partial charge in [0.05, 0.1) is 13.7 Å². The van der Waals surface area contributed by atoms with Gasteiger partial charge in [0.2, 0.25) is 15.9 Å². The molecule has 1 N–H and O–H groups in total. The highest BCUT2D eigenvalue weighted by atomic mass is 32.2. The molecule has 0 bridgehead atoms. The van der Waals surface area contributed by atoms with Crippen molar-refractivity contribution in [1.29, 1.82) is 0 Å². The van der Waals surface area contributed by atoms with Gasteiger partial charge in [-0.1, -0.05) is 48.5 Å². The molecule has 0 aliphatic carbocycles. The zero-order chi connectivity index (χ0) is 23.1. The maximum absolute atomic E-state index is 13.6. The molecule has 6 nitrogen and oxygen atoms in total. The second kappa shape index (κ2) is 10.4. The molecule has 0 aromatic heterocycles. The van der Waals surface area contributed by atoms with Crippen molar-refractivity contribution >= 4 is 21.6 Å². The zero-order valence-corrected chi connectivity index (χ0v) is 19.4. The Morgan fingerprint density at radius 1 is 0.938 bits per heavy atom. The largest absolute Gasteiger partial charge is 0.495 e. The summed E-state index contributed by atoms with van der Waals surface area (Å²) in [5.74, 6) is -0.154. The standard InChI is InChI=1S/C25H28N2O4S/c1-19-8-7-11-22(16-19)26-25(28)18-27(15-14-21-9-5-4-6-10-21)32(29,30)24-17-20(2)12-13-23(24)31-3/h4-13,16-17H,14-15,18H2,1-3H3,(H,26,28). The molecule has 0 saturated carbocycles. The number of hydrogen-bond donors (Lipinski definition) is 1. The molecule has 0 heterocycles. The summed E-state index contributed by atoms with van der Waals surface area (Å²) in [7, 11) is -2.55. The van der Waals surface area contributed by atoms with Gasteiger partial charge in [0.15, 0.2) is 0 Å². The van der Waals surface area contributed by atoms with E-state index in [1.165, 1.54) is 11.4 Å². The Morgan fingerprint density at radius 2 is 1.66 bits per heavy atom. The second-order valence-electron chi connectivity index (χ2n) is 7.65. The lowest BCUT2D eigenvalue weighted by atomic mass is 10.1. The third-order valence-corrected chi connectivity index (χ3v) is 6.92. The van der Waals surface area contributed by atoms with Gasteiger partial charge in [-0.2, -0.15) is 4.31 Å². The zero-order valence-electron chi connectivity index (χ0n) is 18.5. The van der Waals surface area contributed by atoms with E-state index in [0.717, 1.165) is 16.7 Å². The molecule has 0 unspecified atom stereocenters. The molecule has 1 amide bonds. The number of benzene rings is 3. The van der Waals surface area contributed by atoms with E-state index in [-0.39, 0.29) is 23.7 Å². The van der Waals surface area contributed by atoms with Crippen molar-refractivity contribution < 1.29 is 17.9 Å². The van der Waals surface area contributed by atoms with Gasteiger partial charge in [0.1, 0.15) is 10.6 Å². The average molecular weight is 453 g/mol. The topological polar surface area (TPSA) is 75.7 Å². The van der Waals surface area contributed by atoms with Crippen LogP contribution in [0.5, 0.6) is 5.75 Å². The predicted molar refractivity (Wildman–Crippen MR) is 126 cm³/mol. The normalized spacial score (nSPS) is 11.4. The number of sulfonamides is 1. The van der Waals surface area contributed by atoms with Crippen molar-refractivity contribution in [3.05, 3.63) is 89.5 Å². The van der Waals surface area contributed by atoms with Crippen molar-refractivity contribution in [3.63, 3.8) is 0 Å². The van der Waals surface area contributed by atoms with Crippen LogP contribution in [-0.2, 0) is 21.2 Å². The Bertz CT molecular complexity index is 1180. The van der Waals surface area contributed by atoms with Crippen LogP contribution in [0.3, 0.4) is 0 Å². The number of ether oxygens (including phenoxy) is 1. The summed E-state index contributed by atoms with van der Waals surface area (Å²) in [5.41, 5.74) is 3.41. The first-order valence-electron chi connectivity index (χ1n) is 10.3. The Labute approximate surface area is 189 Å². The lowest BCUT2D eigenvalue weighted by Crippen LogP contribution is -2.39. The molecule has 0 radical (unpaired) electrons. The van der Waals surface area contributed by atoms with Crippen LogP contribution >= 0.6 is 0 Å². The number of anilines is 1. The first-order valence-corrected chi connectivity index (χ1v) is 11.8. The molecule has 0 saturated heterocycles. The molecule has 7 heteroatoms. The van der Waals surface area contributed by atoms with Gasteiger partial charge < -0.3 is 10.1 Å². The molecule has 168 valence electrons. The summed E-state index contributed by atoms with van der Waals surface area (Å²) in [6.45, 7) is 3.60. The number of methoxy groups -OCH3 is 1. The molecule has 0 atom stereocenters. The smallest absolute Gasteiger partial charge is 0.247 e. The molecule has 0 aliphatic heterocycles. The number of carbonyl (C=O) groups is 1. The van der Waals surface area contributed by atoms with E-state index in [2.05, 4.69) is 5.32 Å².